The van der Waals surface area contributed by atoms with Gasteiger partial charge < -0.3 is 4.98 Å². The number of H-pyrrole nitrogens is 1. The number of halogens is 1. The van der Waals surface area contributed by atoms with E-state index in [1.165, 1.54) is 16.7 Å². The fraction of sp³-hybridized carbons (Fsp3) is 0.385. The standard InChI is InChI=1S/C13H16ClN5O2S/c14-11-1-2-12(17-9-11)10-18-5-7-19(8-6-18)22(20,21)13-15-3-4-16-13/h1-4,9H,5-8,10H2,(H,15,16). The van der Waals surface area contributed by atoms with Gasteiger partial charge in [0, 0.05) is 51.3 Å². The summed E-state index contributed by atoms with van der Waals surface area (Å²) >= 11 is 5.81. The average molecular weight is 342 g/mol. The number of rotatable bonds is 4. The number of hydrogen-bond donors (Lipinski definition) is 1. The summed E-state index contributed by atoms with van der Waals surface area (Å²) in [6.45, 7) is 2.88. The Morgan fingerprint density at radius 2 is 1.95 bits per heavy atom. The summed E-state index contributed by atoms with van der Waals surface area (Å²) in [5.41, 5.74) is 0.923. The van der Waals surface area contributed by atoms with Crippen LogP contribution in [0.15, 0.2) is 35.9 Å². The van der Waals surface area contributed by atoms with E-state index in [0.29, 0.717) is 37.7 Å². The van der Waals surface area contributed by atoms with Gasteiger partial charge >= 0.3 is 0 Å². The van der Waals surface area contributed by atoms with Crippen molar-refractivity contribution >= 4 is 21.6 Å². The fourth-order valence-corrected chi connectivity index (χ4v) is 3.78. The highest BCUT2D eigenvalue weighted by Gasteiger charge is 2.30. The lowest BCUT2D eigenvalue weighted by Crippen LogP contribution is -2.48. The van der Waals surface area contributed by atoms with Crippen molar-refractivity contribution in [2.75, 3.05) is 26.2 Å². The largest absolute Gasteiger partial charge is 0.334 e. The van der Waals surface area contributed by atoms with Gasteiger partial charge in [-0.1, -0.05) is 11.6 Å². The second kappa shape index (κ2) is 6.33. The van der Waals surface area contributed by atoms with Crippen molar-refractivity contribution in [1.29, 1.82) is 0 Å². The number of sulfonamides is 1. The summed E-state index contributed by atoms with van der Waals surface area (Å²) < 4.78 is 26.1. The normalized spacial score (nSPS) is 17.7. The molecule has 0 bridgehead atoms. The molecule has 9 heteroatoms. The Kier molecular flexibility index (Phi) is 4.44. The fourth-order valence-electron chi connectivity index (χ4n) is 2.37. The van der Waals surface area contributed by atoms with Crippen molar-refractivity contribution in [1.82, 2.24) is 24.2 Å². The van der Waals surface area contributed by atoms with E-state index >= 15 is 0 Å². The zero-order valence-electron chi connectivity index (χ0n) is 11.8. The van der Waals surface area contributed by atoms with Gasteiger partial charge in [0.05, 0.1) is 10.7 Å². The first-order valence-corrected chi connectivity index (χ1v) is 8.70. The summed E-state index contributed by atoms with van der Waals surface area (Å²) in [5, 5.41) is 0.610. The predicted molar refractivity (Wildman–Crippen MR) is 81.9 cm³/mol. The molecule has 7 nitrogen and oxygen atoms in total. The Balaban J connectivity index is 1.60. The SMILES string of the molecule is O=S(=O)(c1ncc[nH]1)N1CCN(Cc2ccc(Cl)cn2)CC1. The number of hydrogen-bond acceptors (Lipinski definition) is 5. The zero-order valence-corrected chi connectivity index (χ0v) is 13.4. The summed E-state index contributed by atoms with van der Waals surface area (Å²) in [4.78, 5) is 12.9. The first-order chi connectivity index (χ1) is 10.6. The predicted octanol–water partition coefficient (Wildman–Crippen LogP) is 0.965. The van der Waals surface area contributed by atoms with Crippen LogP contribution in [-0.4, -0.2) is 58.8 Å². The molecule has 0 spiro atoms. The summed E-state index contributed by atoms with van der Waals surface area (Å²) in [6, 6.07) is 3.69. The lowest BCUT2D eigenvalue weighted by molar-refractivity contribution is 0.179. The van der Waals surface area contributed by atoms with Crippen LogP contribution in [0.2, 0.25) is 5.02 Å². The van der Waals surface area contributed by atoms with Gasteiger partial charge in [0.1, 0.15) is 0 Å². The molecule has 1 saturated heterocycles. The van der Waals surface area contributed by atoms with Gasteiger partial charge in [-0.05, 0) is 12.1 Å². The minimum absolute atomic E-state index is 0.000294. The maximum atomic E-state index is 12.3. The van der Waals surface area contributed by atoms with Gasteiger partial charge in [0.2, 0.25) is 5.16 Å². The van der Waals surface area contributed by atoms with E-state index in [1.807, 2.05) is 12.1 Å². The van der Waals surface area contributed by atoms with Crippen LogP contribution in [0.1, 0.15) is 5.69 Å². The molecule has 0 radical (unpaired) electrons. The number of pyridine rings is 1. The molecule has 0 aliphatic carbocycles. The van der Waals surface area contributed by atoms with Crippen LogP contribution >= 0.6 is 11.6 Å². The van der Waals surface area contributed by atoms with Crippen LogP contribution in [0.5, 0.6) is 0 Å². The van der Waals surface area contributed by atoms with E-state index < -0.39 is 10.0 Å². The molecule has 1 N–H and O–H groups in total. The first kappa shape index (κ1) is 15.4. The summed E-state index contributed by atoms with van der Waals surface area (Å²) in [5.74, 6) is 0. The first-order valence-electron chi connectivity index (χ1n) is 6.88. The van der Waals surface area contributed by atoms with Gasteiger partial charge in [-0.3, -0.25) is 9.88 Å². The van der Waals surface area contributed by atoms with Crippen LogP contribution in [0.25, 0.3) is 0 Å². The Morgan fingerprint density at radius 3 is 2.55 bits per heavy atom. The van der Waals surface area contributed by atoms with E-state index in [2.05, 4.69) is 19.9 Å². The Hall–Kier alpha value is -1.48. The van der Waals surface area contributed by atoms with Crippen LogP contribution in [0.3, 0.4) is 0 Å². The average Bonchev–Trinajstić information content (AvgIpc) is 3.05. The Morgan fingerprint density at radius 1 is 1.18 bits per heavy atom. The van der Waals surface area contributed by atoms with E-state index in [1.54, 1.807) is 6.20 Å². The molecule has 1 fully saturated rings. The molecule has 0 unspecified atom stereocenters. The Labute approximate surface area is 134 Å². The van der Waals surface area contributed by atoms with Crippen molar-refractivity contribution in [3.05, 3.63) is 41.4 Å². The minimum atomic E-state index is -3.51. The number of aromatic amines is 1. The maximum Gasteiger partial charge on any atom is 0.276 e. The van der Waals surface area contributed by atoms with Crippen molar-refractivity contribution in [3.8, 4) is 0 Å². The molecule has 2 aromatic rings. The molecule has 3 heterocycles. The monoisotopic (exact) mass is 341 g/mol. The van der Waals surface area contributed by atoms with Crippen molar-refractivity contribution in [2.45, 2.75) is 11.7 Å². The molecule has 0 aromatic carbocycles. The van der Waals surface area contributed by atoms with E-state index in [-0.39, 0.29) is 5.16 Å². The zero-order chi connectivity index (χ0) is 15.6. The number of nitrogens with zero attached hydrogens (tertiary/aromatic N) is 4. The highest BCUT2D eigenvalue weighted by Crippen LogP contribution is 2.15. The van der Waals surface area contributed by atoms with E-state index in [4.69, 9.17) is 11.6 Å². The summed E-state index contributed by atoms with van der Waals surface area (Å²) in [7, 11) is -3.51. The van der Waals surface area contributed by atoms with Gasteiger partial charge in [-0.25, -0.2) is 13.4 Å². The number of aromatic nitrogens is 3. The van der Waals surface area contributed by atoms with E-state index in [9.17, 15) is 8.42 Å². The molecule has 1 aliphatic rings. The molecular formula is C13H16ClN5O2S. The second-order valence-electron chi connectivity index (χ2n) is 5.04. The quantitative estimate of drug-likeness (QED) is 0.895. The van der Waals surface area contributed by atoms with Gasteiger partial charge in [0.15, 0.2) is 0 Å². The van der Waals surface area contributed by atoms with Gasteiger partial charge in [-0.15, -0.1) is 0 Å². The lowest BCUT2D eigenvalue weighted by atomic mass is 10.3. The van der Waals surface area contributed by atoms with Crippen molar-refractivity contribution in [2.24, 2.45) is 0 Å². The lowest BCUT2D eigenvalue weighted by Gasteiger charge is -2.33. The summed E-state index contributed by atoms with van der Waals surface area (Å²) in [6.07, 6.45) is 4.57. The molecule has 0 atom stereocenters. The van der Waals surface area contributed by atoms with Crippen molar-refractivity contribution < 1.29 is 8.42 Å². The number of piperazine rings is 1. The molecule has 2 aromatic heterocycles. The number of nitrogens with one attached hydrogen (secondary N) is 1. The smallest absolute Gasteiger partial charge is 0.276 e. The molecule has 1 aliphatic heterocycles. The van der Waals surface area contributed by atoms with Gasteiger partial charge in [0.25, 0.3) is 10.0 Å². The third-order valence-electron chi connectivity index (χ3n) is 3.56. The molecule has 0 saturated carbocycles. The van der Waals surface area contributed by atoms with Crippen LogP contribution < -0.4 is 0 Å². The van der Waals surface area contributed by atoms with E-state index in [0.717, 1.165) is 5.69 Å². The second-order valence-corrected chi connectivity index (χ2v) is 7.33. The van der Waals surface area contributed by atoms with Crippen LogP contribution in [-0.2, 0) is 16.6 Å². The highest BCUT2D eigenvalue weighted by atomic mass is 35.5. The molecule has 3 rings (SSSR count). The van der Waals surface area contributed by atoms with Gasteiger partial charge in [-0.2, -0.15) is 4.31 Å². The number of imidazole rings is 1. The molecular weight excluding hydrogens is 326 g/mol. The maximum absolute atomic E-state index is 12.3. The highest BCUT2D eigenvalue weighted by molar-refractivity contribution is 7.88. The van der Waals surface area contributed by atoms with Crippen molar-refractivity contribution in [3.63, 3.8) is 0 Å². The molecule has 0 amide bonds. The van der Waals surface area contributed by atoms with Crippen LogP contribution in [0.4, 0.5) is 0 Å². The third kappa shape index (κ3) is 3.30. The third-order valence-corrected chi connectivity index (χ3v) is 5.54. The van der Waals surface area contributed by atoms with Crippen LogP contribution in [0, 0.1) is 0 Å². The molecule has 22 heavy (non-hydrogen) atoms. The minimum Gasteiger partial charge on any atom is -0.334 e. The topological polar surface area (TPSA) is 82.2 Å². The Bertz CT molecular complexity index is 709. The molecule has 118 valence electrons.